The van der Waals surface area contributed by atoms with Crippen molar-refractivity contribution in [1.29, 1.82) is 0 Å². The Morgan fingerprint density at radius 3 is 2.47 bits per heavy atom. The van der Waals surface area contributed by atoms with E-state index >= 15 is 0 Å². The summed E-state index contributed by atoms with van der Waals surface area (Å²) in [6, 6.07) is 3.56. The molecule has 0 unspecified atom stereocenters. The molecule has 1 aromatic carbocycles. The minimum atomic E-state index is -0.956. The maximum Gasteiger partial charge on any atom is 0.336 e. The zero-order chi connectivity index (χ0) is 25.2. The molecular weight excluding hydrogens is 506 g/mol. The fourth-order valence-corrected chi connectivity index (χ4v) is 5.33. The van der Waals surface area contributed by atoms with Gasteiger partial charge in [-0.3, -0.25) is 9.59 Å². The molecule has 1 heterocycles. The summed E-state index contributed by atoms with van der Waals surface area (Å²) in [5.74, 6) is -2.48. The second-order valence-corrected chi connectivity index (χ2v) is 9.08. The first-order valence-corrected chi connectivity index (χ1v) is 12.0. The van der Waals surface area contributed by atoms with E-state index in [9.17, 15) is 14.4 Å². The average molecular weight is 536 g/mol. The Bertz CT molecular complexity index is 1080. The van der Waals surface area contributed by atoms with Gasteiger partial charge in [0.1, 0.15) is 5.92 Å². The molecule has 0 aromatic heterocycles. The lowest BCUT2D eigenvalue weighted by Gasteiger charge is -2.38. The number of halogens is 1. The molecule has 2 aliphatic rings. The number of allylic oxidation sites excluding steroid dienone is 3. The number of hydrogen-bond acceptors (Lipinski definition) is 8. The van der Waals surface area contributed by atoms with Gasteiger partial charge >= 0.3 is 11.9 Å². The van der Waals surface area contributed by atoms with Gasteiger partial charge in [0, 0.05) is 22.9 Å². The number of ether oxygens (including phenoxy) is 4. The summed E-state index contributed by atoms with van der Waals surface area (Å²) in [4.78, 5) is 39.4. The summed E-state index contributed by atoms with van der Waals surface area (Å²) in [6.45, 7) is 7.78. The van der Waals surface area contributed by atoms with E-state index in [1.54, 1.807) is 26.0 Å². The van der Waals surface area contributed by atoms with Crippen LogP contribution in [0.1, 0.15) is 45.6 Å². The van der Waals surface area contributed by atoms with E-state index in [0.29, 0.717) is 57.1 Å². The molecule has 0 bridgehead atoms. The molecule has 0 saturated heterocycles. The monoisotopic (exact) mass is 535 g/mol. The van der Waals surface area contributed by atoms with Gasteiger partial charge in [-0.25, -0.2) is 4.79 Å². The molecule has 1 N–H and O–H groups in total. The number of esters is 2. The highest BCUT2D eigenvalue weighted by Crippen LogP contribution is 2.48. The molecule has 8 nitrogen and oxygen atoms in total. The number of hydrogen-bond donors (Lipinski definition) is 1. The second kappa shape index (κ2) is 10.6. The maximum absolute atomic E-state index is 13.8. The molecule has 0 spiro atoms. The Morgan fingerprint density at radius 1 is 1.18 bits per heavy atom. The van der Waals surface area contributed by atoms with Crippen molar-refractivity contribution in [1.82, 2.24) is 5.32 Å². The molecule has 0 radical (unpaired) electrons. The molecule has 0 fully saturated rings. The Balaban J connectivity index is 2.27. The van der Waals surface area contributed by atoms with E-state index in [4.69, 9.17) is 18.9 Å². The molecular formula is C25H30BrNO7. The van der Waals surface area contributed by atoms with Gasteiger partial charge in [0.2, 0.25) is 0 Å². The Morgan fingerprint density at radius 2 is 1.88 bits per heavy atom. The van der Waals surface area contributed by atoms with Gasteiger partial charge in [0.25, 0.3) is 0 Å². The number of ketones is 1. The number of methoxy groups -OCH3 is 2. The summed E-state index contributed by atoms with van der Waals surface area (Å²) in [7, 11) is 2.81. The predicted octanol–water partition coefficient (Wildman–Crippen LogP) is 4.03. The van der Waals surface area contributed by atoms with E-state index in [2.05, 4.69) is 21.2 Å². The fourth-order valence-electron chi connectivity index (χ4n) is 4.71. The lowest BCUT2D eigenvalue weighted by molar-refractivity contribution is -0.151. The zero-order valence-corrected chi connectivity index (χ0v) is 21.8. The third kappa shape index (κ3) is 4.58. The van der Waals surface area contributed by atoms with Crippen LogP contribution < -0.4 is 14.8 Å². The highest BCUT2D eigenvalue weighted by molar-refractivity contribution is 9.10. The third-order valence-corrected chi connectivity index (χ3v) is 6.70. The number of benzene rings is 1. The van der Waals surface area contributed by atoms with Crippen LogP contribution in [0.25, 0.3) is 0 Å². The Kier molecular flexibility index (Phi) is 8.07. The summed E-state index contributed by atoms with van der Waals surface area (Å²) in [5, 5.41) is 3.24. The number of carbonyl (C=O) groups excluding carboxylic acids is 3. The van der Waals surface area contributed by atoms with Crippen molar-refractivity contribution in [3.8, 4) is 11.5 Å². The quantitative estimate of drug-likeness (QED) is 0.412. The van der Waals surface area contributed by atoms with Crippen molar-refractivity contribution < 1.29 is 33.3 Å². The average Bonchev–Trinajstić information content (AvgIpc) is 2.78. The number of rotatable bonds is 7. The van der Waals surface area contributed by atoms with Crippen molar-refractivity contribution >= 4 is 33.7 Å². The Hall–Kier alpha value is -2.81. The minimum absolute atomic E-state index is 0.181. The van der Waals surface area contributed by atoms with Gasteiger partial charge < -0.3 is 24.3 Å². The zero-order valence-electron chi connectivity index (χ0n) is 20.2. The molecule has 0 saturated carbocycles. The lowest BCUT2D eigenvalue weighted by atomic mass is 9.69. The van der Waals surface area contributed by atoms with E-state index in [1.165, 1.54) is 14.2 Å². The van der Waals surface area contributed by atoms with E-state index in [-0.39, 0.29) is 18.3 Å². The van der Waals surface area contributed by atoms with Crippen LogP contribution in [0.2, 0.25) is 0 Å². The SMILES string of the molecule is CCOC(=O)C1=C(C)NC2=C(C(=O)[C@@H](C(=O)OC)[C@H](C)C2)[C@@H]1c1cc(Br)c(OC)c(OCC)c1. The first-order valence-electron chi connectivity index (χ1n) is 11.2. The summed E-state index contributed by atoms with van der Waals surface area (Å²) in [6.07, 6.45) is 0.459. The molecule has 1 aromatic rings. The minimum Gasteiger partial charge on any atom is -0.492 e. The molecule has 1 aliphatic heterocycles. The number of Topliss-reactive ketones (excluding diaryl/α,β-unsaturated/α-hetero) is 1. The van der Waals surface area contributed by atoms with Crippen LogP contribution in [0.15, 0.2) is 39.1 Å². The highest BCUT2D eigenvalue weighted by atomic mass is 79.9. The third-order valence-electron chi connectivity index (χ3n) is 6.11. The predicted molar refractivity (Wildman–Crippen MR) is 128 cm³/mol. The molecule has 1 aliphatic carbocycles. The number of nitrogens with one attached hydrogen (secondary N) is 1. The largest absolute Gasteiger partial charge is 0.492 e. The topological polar surface area (TPSA) is 100 Å². The lowest BCUT2D eigenvalue weighted by Crippen LogP contribution is -2.43. The maximum atomic E-state index is 13.8. The molecule has 184 valence electrons. The van der Waals surface area contributed by atoms with Crippen LogP contribution in [0, 0.1) is 11.8 Å². The summed E-state index contributed by atoms with van der Waals surface area (Å²) >= 11 is 3.53. The normalized spacial score (nSPS) is 22.1. The van der Waals surface area contributed by atoms with Crippen LogP contribution in [0.3, 0.4) is 0 Å². The first-order chi connectivity index (χ1) is 16.2. The molecule has 0 amide bonds. The van der Waals surface area contributed by atoms with E-state index in [0.717, 1.165) is 0 Å². The van der Waals surface area contributed by atoms with Crippen LogP contribution in [0.4, 0.5) is 0 Å². The van der Waals surface area contributed by atoms with Crippen LogP contribution in [-0.2, 0) is 23.9 Å². The van der Waals surface area contributed by atoms with Crippen LogP contribution in [-0.4, -0.2) is 45.2 Å². The van der Waals surface area contributed by atoms with Gasteiger partial charge in [0.15, 0.2) is 17.3 Å². The molecule has 3 atom stereocenters. The Labute approximate surface area is 207 Å². The van der Waals surface area contributed by atoms with Crippen LogP contribution >= 0.6 is 15.9 Å². The van der Waals surface area contributed by atoms with Crippen molar-refractivity contribution in [3.05, 3.63) is 44.7 Å². The second-order valence-electron chi connectivity index (χ2n) is 8.22. The standard InChI is InChI=1S/C25H30BrNO7/c1-7-33-17-11-14(10-15(26)23(17)31-5)20-19(25(30)34-8-2)13(4)27-16-9-12(3)18(24(29)32-6)22(28)21(16)20/h10-12,18,20,27H,7-9H2,1-6H3/t12-,18+,20-/m1/s1. The van der Waals surface area contributed by atoms with Gasteiger partial charge in [-0.15, -0.1) is 0 Å². The molecule has 34 heavy (non-hydrogen) atoms. The van der Waals surface area contributed by atoms with E-state index in [1.807, 2.05) is 13.8 Å². The van der Waals surface area contributed by atoms with Crippen molar-refractivity contribution in [2.45, 2.75) is 40.0 Å². The highest BCUT2D eigenvalue weighted by Gasteiger charge is 2.47. The smallest absolute Gasteiger partial charge is 0.336 e. The first kappa shape index (κ1) is 25.8. The van der Waals surface area contributed by atoms with Gasteiger partial charge in [-0.2, -0.15) is 0 Å². The molecule has 3 rings (SSSR count). The fraction of sp³-hybridized carbons (Fsp3) is 0.480. The number of carbonyl (C=O) groups is 3. The van der Waals surface area contributed by atoms with Crippen molar-refractivity contribution in [2.24, 2.45) is 11.8 Å². The van der Waals surface area contributed by atoms with Gasteiger partial charge in [-0.1, -0.05) is 6.92 Å². The van der Waals surface area contributed by atoms with Crippen LogP contribution in [0.5, 0.6) is 11.5 Å². The van der Waals surface area contributed by atoms with Crippen molar-refractivity contribution in [2.75, 3.05) is 27.4 Å². The van der Waals surface area contributed by atoms with Crippen molar-refractivity contribution in [3.63, 3.8) is 0 Å². The summed E-state index contributed by atoms with van der Waals surface area (Å²) in [5.41, 5.74) is 2.61. The van der Waals surface area contributed by atoms with E-state index < -0.39 is 23.8 Å². The summed E-state index contributed by atoms with van der Waals surface area (Å²) < 4.78 is 22.2. The molecule has 9 heteroatoms. The van der Waals surface area contributed by atoms with Gasteiger partial charge in [0.05, 0.1) is 37.5 Å². The van der Waals surface area contributed by atoms with Gasteiger partial charge in [-0.05, 0) is 66.7 Å². The number of dihydropyridines is 1.